The van der Waals surface area contributed by atoms with E-state index in [-0.39, 0.29) is 17.3 Å². The zero-order chi connectivity index (χ0) is 24.5. The third-order valence-corrected chi connectivity index (χ3v) is 5.75. The summed E-state index contributed by atoms with van der Waals surface area (Å²) in [6, 6.07) is 27.7. The highest BCUT2D eigenvalue weighted by molar-refractivity contribution is 5.74. The molecule has 0 aliphatic carbocycles. The van der Waals surface area contributed by atoms with E-state index in [1.54, 1.807) is 0 Å². The number of hydrogen-bond acceptors (Lipinski definition) is 6. The summed E-state index contributed by atoms with van der Waals surface area (Å²) >= 11 is 0. The van der Waals surface area contributed by atoms with Gasteiger partial charge in [0, 0.05) is 18.8 Å². The van der Waals surface area contributed by atoms with Crippen LogP contribution in [0, 0.1) is 10.1 Å². The average Bonchev–Trinajstić information content (AvgIpc) is 2.89. The Balaban J connectivity index is 1.67. The number of benzene rings is 3. The lowest BCUT2D eigenvalue weighted by Crippen LogP contribution is -2.24. The number of nitrogens with zero attached hydrogens (tertiary/aromatic N) is 4. The summed E-state index contributed by atoms with van der Waals surface area (Å²) in [6.07, 6.45) is 4.66. The van der Waals surface area contributed by atoms with Crippen molar-refractivity contribution in [3.8, 4) is 0 Å². The maximum atomic E-state index is 12.3. The smallest absolute Gasteiger partial charge is 0.342 e. The first-order chi connectivity index (χ1) is 17.1. The number of hydrogen-bond donors (Lipinski definition) is 1. The molecule has 4 aromatic rings. The van der Waals surface area contributed by atoms with Gasteiger partial charge in [0.2, 0.25) is 11.6 Å². The lowest BCUT2D eigenvalue weighted by molar-refractivity contribution is -0.383. The maximum Gasteiger partial charge on any atom is 0.353 e. The predicted molar refractivity (Wildman–Crippen MR) is 140 cm³/mol. The zero-order valence-corrected chi connectivity index (χ0v) is 19.8. The van der Waals surface area contributed by atoms with Crippen molar-refractivity contribution in [1.29, 1.82) is 0 Å². The Labute approximate surface area is 205 Å². The second kappa shape index (κ2) is 11.7. The van der Waals surface area contributed by atoms with E-state index in [1.807, 2.05) is 89.8 Å². The average molecular weight is 468 g/mol. The molecule has 7 nitrogen and oxygen atoms in total. The fourth-order valence-electron chi connectivity index (χ4n) is 3.95. The highest BCUT2D eigenvalue weighted by Gasteiger charge is 2.27. The molecule has 35 heavy (non-hydrogen) atoms. The monoisotopic (exact) mass is 467 g/mol. The van der Waals surface area contributed by atoms with E-state index >= 15 is 0 Å². The lowest BCUT2D eigenvalue weighted by atomic mass is 10.1. The second-order valence-electron chi connectivity index (χ2n) is 8.40. The molecule has 0 aliphatic heterocycles. The van der Waals surface area contributed by atoms with Crippen molar-refractivity contribution < 1.29 is 4.92 Å². The van der Waals surface area contributed by atoms with E-state index in [2.05, 4.69) is 22.2 Å². The van der Waals surface area contributed by atoms with Crippen molar-refractivity contribution in [3.05, 3.63) is 118 Å². The standard InChI is InChI=1S/C28H29N5O2/c1-2-3-10-22-15-17-25(18-16-22)31-27-26(33(34)35)28(30-21-29-27)32(19-23-11-6-4-7-12-23)20-24-13-8-5-9-14-24/h4-9,11-18,21H,2-3,10,19-20H2,1H3,(H,29,30,31). The normalized spacial score (nSPS) is 10.7. The Morgan fingerprint density at radius 2 is 1.43 bits per heavy atom. The molecule has 0 atom stereocenters. The van der Waals surface area contributed by atoms with Gasteiger partial charge in [0.05, 0.1) is 4.92 Å². The van der Waals surface area contributed by atoms with Crippen molar-refractivity contribution >= 4 is 23.0 Å². The molecule has 0 spiro atoms. The van der Waals surface area contributed by atoms with Crippen LogP contribution >= 0.6 is 0 Å². The molecule has 1 N–H and O–H groups in total. The molecule has 4 rings (SSSR count). The number of anilines is 3. The molecule has 0 unspecified atom stereocenters. The summed E-state index contributed by atoms with van der Waals surface area (Å²) in [5.74, 6) is 0.451. The van der Waals surface area contributed by atoms with Gasteiger partial charge in [0.15, 0.2) is 0 Å². The van der Waals surface area contributed by atoms with Gasteiger partial charge >= 0.3 is 5.69 Å². The molecule has 7 heteroatoms. The Hall–Kier alpha value is -4.26. The van der Waals surface area contributed by atoms with Crippen LogP contribution in [-0.2, 0) is 19.5 Å². The summed E-state index contributed by atoms with van der Waals surface area (Å²) in [7, 11) is 0. The van der Waals surface area contributed by atoms with Crippen LogP contribution in [0.15, 0.2) is 91.3 Å². The van der Waals surface area contributed by atoms with Gasteiger partial charge in [0.1, 0.15) is 6.33 Å². The van der Waals surface area contributed by atoms with Crippen LogP contribution in [0.25, 0.3) is 0 Å². The summed E-state index contributed by atoms with van der Waals surface area (Å²) in [6.45, 7) is 3.11. The molecule has 0 saturated carbocycles. The predicted octanol–water partition coefficient (Wildman–Crippen LogP) is 6.68. The van der Waals surface area contributed by atoms with Crippen LogP contribution in [0.4, 0.5) is 23.0 Å². The Kier molecular flexibility index (Phi) is 8.01. The summed E-state index contributed by atoms with van der Waals surface area (Å²) in [5, 5.41) is 15.4. The van der Waals surface area contributed by atoms with Gasteiger partial charge in [-0.2, -0.15) is 0 Å². The van der Waals surface area contributed by atoms with Crippen LogP contribution in [0.3, 0.4) is 0 Å². The fourth-order valence-corrected chi connectivity index (χ4v) is 3.95. The maximum absolute atomic E-state index is 12.3. The molecule has 3 aromatic carbocycles. The molecule has 1 heterocycles. The molecule has 0 bridgehead atoms. The van der Waals surface area contributed by atoms with Crippen molar-refractivity contribution in [2.75, 3.05) is 10.2 Å². The summed E-state index contributed by atoms with van der Waals surface area (Å²) < 4.78 is 0. The van der Waals surface area contributed by atoms with Gasteiger partial charge in [-0.1, -0.05) is 86.1 Å². The largest absolute Gasteiger partial charge is 0.353 e. The Morgan fingerprint density at radius 3 is 1.97 bits per heavy atom. The molecule has 0 fully saturated rings. The number of nitrogens with one attached hydrogen (secondary N) is 1. The van der Waals surface area contributed by atoms with Gasteiger partial charge < -0.3 is 10.2 Å². The van der Waals surface area contributed by atoms with Crippen molar-refractivity contribution in [3.63, 3.8) is 0 Å². The Bertz CT molecular complexity index is 1190. The molecule has 0 radical (unpaired) electrons. The van der Waals surface area contributed by atoms with Crippen LogP contribution in [0.5, 0.6) is 0 Å². The van der Waals surface area contributed by atoms with Crippen LogP contribution in [-0.4, -0.2) is 14.9 Å². The van der Waals surface area contributed by atoms with E-state index in [9.17, 15) is 10.1 Å². The third-order valence-electron chi connectivity index (χ3n) is 5.75. The first kappa shape index (κ1) is 23.9. The van der Waals surface area contributed by atoms with Gasteiger partial charge in [-0.15, -0.1) is 0 Å². The minimum Gasteiger partial charge on any atom is -0.342 e. The summed E-state index contributed by atoms with van der Waals surface area (Å²) in [5.41, 5.74) is 3.92. The van der Waals surface area contributed by atoms with E-state index in [1.165, 1.54) is 11.9 Å². The van der Waals surface area contributed by atoms with Gasteiger partial charge in [-0.3, -0.25) is 10.1 Å². The highest BCUT2D eigenvalue weighted by atomic mass is 16.6. The summed E-state index contributed by atoms with van der Waals surface area (Å²) in [4.78, 5) is 22.4. The van der Waals surface area contributed by atoms with Gasteiger partial charge in [-0.05, 0) is 41.7 Å². The number of nitro groups is 1. The molecule has 178 valence electrons. The number of aromatic nitrogens is 2. The second-order valence-corrected chi connectivity index (χ2v) is 8.40. The fraction of sp³-hybridized carbons (Fsp3) is 0.214. The van der Waals surface area contributed by atoms with E-state index in [0.717, 1.165) is 36.1 Å². The zero-order valence-electron chi connectivity index (χ0n) is 19.8. The van der Waals surface area contributed by atoms with E-state index < -0.39 is 4.92 Å². The number of unbranched alkanes of at least 4 members (excludes halogenated alkanes) is 1. The minimum atomic E-state index is -0.406. The first-order valence-corrected chi connectivity index (χ1v) is 11.8. The van der Waals surface area contributed by atoms with Crippen LogP contribution in [0.1, 0.15) is 36.5 Å². The number of aryl methyl sites for hydroxylation is 1. The molecular weight excluding hydrogens is 438 g/mol. The highest BCUT2D eigenvalue weighted by Crippen LogP contribution is 2.35. The van der Waals surface area contributed by atoms with Crippen LogP contribution in [0.2, 0.25) is 0 Å². The van der Waals surface area contributed by atoms with Crippen molar-refractivity contribution in [2.45, 2.75) is 39.3 Å². The lowest BCUT2D eigenvalue weighted by Gasteiger charge is -2.24. The molecular formula is C28H29N5O2. The van der Waals surface area contributed by atoms with E-state index in [4.69, 9.17) is 0 Å². The SMILES string of the molecule is CCCCc1ccc(Nc2ncnc(N(Cc3ccccc3)Cc3ccccc3)c2[N+](=O)[O-])cc1. The number of rotatable bonds is 11. The molecule has 0 amide bonds. The van der Waals surface area contributed by atoms with E-state index in [0.29, 0.717) is 13.1 Å². The molecule has 0 aliphatic rings. The van der Waals surface area contributed by atoms with Gasteiger partial charge in [0.25, 0.3) is 0 Å². The quantitative estimate of drug-likeness (QED) is 0.196. The topological polar surface area (TPSA) is 84.2 Å². The first-order valence-electron chi connectivity index (χ1n) is 11.8. The van der Waals surface area contributed by atoms with Crippen molar-refractivity contribution in [1.82, 2.24) is 9.97 Å². The van der Waals surface area contributed by atoms with Crippen LogP contribution < -0.4 is 10.2 Å². The van der Waals surface area contributed by atoms with Crippen molar-refractivity contribution in [2.24, 2.45) is 0 Å². The molecule has 0 saturated heterocycles. The minimum absolute atomic E-state index is 0.144. The molecule has 1 aromatic heterocycles. The Morgan fingerprint density at radius 1 is 0.829 bits per heavy atom. The van der Waals surface area contributed by atoms with Gasteiger partial charge in [-0.25, -0.2) is 9.97 Å². The third kappa shape index (κ3) is 6.41.